The van der Waals surface area contributed by atoms with E-state index in [1.54, 1.807) is 12.1 Å². The van der Waals surface area contributed by atoms with E-state index in [1.165, 1.54) is 16.6 Å². The largest absolute Gasteiger partial charge is 0.310 e. The third-order valence-electron chi connectivity index (χ3n) is 4.33. The van der Waals surface area contributed by atoms with E-state index in [1.807, 2.05) is 0 Å². The van der Waals surface area contributed by atoms with Gasteiger partial charge in [0.2, 0.25) is 15.9 Å². The summed E-state index contributed by atoms with van der Waals surface area (Å²) in [4.78, 5) is 16.3. The van der Waals surface area contributed by atoms with Gasteiger partial charge < -0.3 is 5.32 Å². The summed E-state index contributed by atoms with van der Waals surface area (Å²) in [5.74, 6) is -0.834. The summed E-state index contributed by atoms with van der Waals surface area (Å²) in [6, 6.07) is 6.51. The lowest BCUT2D eigenvalue weighted by molar-refractivity contribution is -0.120. The quantitative estimate of drug-likeness (QED) is 0.802. The van der Waals surface area contributed by atoms with E-state index in [0.29, 0.717) is 23.7 Å². The molecular weight excluding hydrogens is 416 g/mol. The topological polar surface area (TPSA) is 79.4 Å². The van der Waals surface area contributed by atoms with Crippen molar-refractivity contribution in [3.63, 3.8) is 0 Å². The number of amides is 1. The van der Waals surface area contributed by atoms with Gasteiger partial charge in [0.05, 0.1) is 14.9 Å². The second-order valence-electron chi connectivity index (χ2n) is 6.11. The third-order valence-corrected chi connectivity index (χ3v) is 6.74. The highest BCUT2D eigenvalue weighted by Crippen LogP contribution is 2.27. The minimum Gasteiger partial charge on any atom is -0.310 e. The van der Waals surface area contributed by atoms with Crippen LogP contribution in [0.25, 0.3) is 0 Å². The number of aromatic nitrogens is 1. The maximum atomic E-state index is 13.3. The Morgan fingerprint density at radius 3 is 2.48 bits per heavy atom. The predicted octanol–water partition coefficient (Wildman–Crippen LogP) is 3.57. The number of rotatable bonds is 4. The minimum absolute atomic E-state index is 0.0674. The Hall–Kier alpha value is -1.74. The summed E-state index contributed by atoms with van der Waals surface area (Å²) in [5, 5.41) is 2.92. The van der Waals surface area contributed by atoms with Gasteiger partial charge in [-0.2, -0.15) is 4.31 Å². The van der Waals surface area contributed by atoms with Crippen LogP contribution in [0.2, 0.25) is 10.0 Å². The Morgan fingerprint density at radius 1 is 1.19 bits per heavy atom. The molecule has 0 unspecified atom stereocenters. The molecule has 1 aromatic carbocycles. The number of hydrogen-bond donors (Lipinski definition) is 1. The first-order chi connectivity index (χ1) is 12.8. The number of anilines is 1. The van der Waals surface area contributed by atoms with Gasteiger partial charge in [0.25, 0.3) is 0 Å². The van der Waals surface area contributed by atoms with Crippen LogP contribution in [0, 0.1) is 11.7 Å². The Bertz CT molecular complexity index is 946. The molecule has 1 aliphatic heterocycles. The average molecular weight is 432 g/mol. The second kappa shape index (κ2) is 8.10. The molecule has 1 aliphatic rings. The average Bonchev–Trinajstić information content (AvgIpc) is 2.66. The number of hydrogen-bond acceptors (Lipinski definition) is 4. The molecule has 0 atom stereocenters. The molecule has 3 rings (SSSR count). The first-order valence-electron chi connectivity index (χ1n) is 8.15. The monoisotopic (exact) mass is 431 g/mol. The van der Waals surface area contributed by atoms with Crippen molar-refractivity contribution >= 4 is 45.0 Å². The van der Waals surface area contributed by atoms with Gasteiger partial charge in [-0.25, -0.2) is 17.8 Å². The van der Waals surface area contributed by atoms with E-state index in [-0.39, 0.29) is 34.8 Å². The van der Waals surface area contributed by atoms with Crippen molar-refractivity contribution in [2.45, 2.75) is 17.7 Å². The van der Waals surface area contributed by atoms with Crippen LogP contribution in [0.4, 0.5) is 10.2 Å². The summed E-state index contributed by atoms with van der Waals surface area (Å²) in [6.07, 6.45) is 2.17. The number of piperidine rings is 1. The summed E-state index contributed by atoms with van der Waals surface area (Å²) >= 11 is 11.4. The fraction of sp³-hybridized carbons (Fsp3) is 0.294. The predicted molar refractivity (Wildman–Crippen MR) is 101 cm³/mol. The molecule has 2 aromatic rings. The standard InChI is InChI=1S/C17H16Cl2FN3O3S/c18-12-1-4-16(21-10-12)22-17(24)11-5-7-23(8-6-11)27(25,26)13-2-3-15(20)14(19)9-13/h1-4,9-11H,5-8H2,(H,21,22,24). The highest BCUT2D eigenvalue weighted by molar-refractivity contribution is 7.89. The van der Waals surface area contributed by atoms with E-state index >= 15 is 0 Å². The lowest BCUT2D eigenvalue weighted by Gasteiger charge is -2.30. The molecule has 0 bridgehead atoms. The Kier molecular flexibility index (Phi) is 6.00. The summed E-state index contributed by atoms with van der Waals surface area (Å²) in [7, 11) is -3.79. The van der Waals surface area contributed by atoms with Crippen LogP contribution < -0.4 is 5.32 Å². The third kappa shape index (κ3) is 4.57. The molecule has 1 saturated heterocycles. The molecule has 2 heterocycles. The summed E-state index contributed by atoms with van der Waals surface area (Å²) < 4.78 is 39.9. The van der Waals surface area contributed by atoms with Gasteiger partial charge in [-0.15, -0.1) is 0 Å². The van der Waals surface area contributed by atoms with Crippen molar-refractivity contribution in [1.29, 1.82) is 0 Å². The van der Waals surface area contributed by atoms with Crippen molar-refractivity contribution in [1.82, 2.24) is 9.29 Å². The fourth-order valence-corrected chi connectivity index (χ4v) is 4.68. The second-order valence-corrected chi connectivity index (χ2v) is 8.89. The van der Waals surface area contributed by atoms with Crippen LogP contribution in [-0.4, -0.2) is 36.7 Å². The number of carbonyl (C=O) groups is 1. The summed E-state index contributed by atoms with van der Waals surface area (Å²) in [5.41, 5.74) is 0. The van der Waals surface area contributed by atoms with Crippen LogP contribution >= 0.6 is 23.2 Å². The highest BCUT2D eigenvalue weighted by atomic mass is 35.5. The molecule has 1 N–H and O–H groups in total. The minimum atomic E-state index is -3.79. The number of halogens is 3. The van der Waals surface area contributed by atoms with Gasteiger partial charge in [-0.1, -0.05) is 23.2 Å². The van der Waals surface area contributed by atoms with Crippen LogP contribution in [0.5, 0.6) is 0 Å². The van der Waals surface area contributed by atoms with Crippen LogP contribution in [-0.2, 0) is 14.8 Å². The van der Waals surface area contributed by atoms with E-state index < -0.39 is 15.8 Å². The molecule has 6 nitrogen and oxygen atoms in total. The zero-order chi connectivity index (χ0) is 19.6. The molecule has 0 aliphatic carbocycles. The molecule has 0 saturated carbocycles. The number of sulfonamides is 1. The van der Waals surface area contributed by atoms with E-state index in [4.69, 9.17) is 23.2 Å². The number of pyridine rings is 1. The van der Waals surface area contributed by atoms with Crippen molar-refractivity contribution in [3.05, 3.63) is 52.4 Å². The molecule has 0 radical (unpaired) electrons. The maximum absolute atomic E-state index is 13.3. The van der Waals surface area contributed by atoms with E-state index in [9.17, 15) is 17.6 Å². The van der Waals surface area contributed by atoms with Gasteiger partial charge in [-0.3, -0.25) is 4.79 Å². The molecule has 144 valence electrons. The molecule has 1 aromatic heterocycles. The first-order valence-corrected chi connectivity index (χ1v) is 10.3. The van der Waals surface area contributed by atoms with Crippen LogP contribution in [0.15, 0.2) is 41.4 Å². The van der Waals surface area contributed by atoms with Gasteiger partial charge in [0, 0.05) is 25.2 Å². The maximum Gasteiger partial charge on any atom is 0.243 e. The normalized spacial score (nSPS) is 16.3. The SMILES string of the molecule is O=C(Nc1ccc(Cl)cn1)C1CCN(S(=O)(=O)c2ccc(F)c(Cl)c2)CC1. The fourth-order valence-electron chi connectivity index (χ4n) is 2.82. The Morgan fingerprint density at radius 2 is 1.89 bits per heavy atom. The van der Waals surface area contributed by atoms with Crippen molar-refractivity contribution in [2.24, 2.45) is 5.92 Å². The van der Waals surface area contributed by atoms with E-state index in [2.05, 4.69) is 10.3 Å². The molecule has 1 fully saturated rings. The Labute approximate surface area is 166 Å². The van der Waals surface area contributed by atoms with Gasteiger partial charge in [-0.05, 0) is 43.2 Å². The zero-order valence-electron chi connectivity index (χ0n) is 14.0. The molecule has 10 heteroatoms. The lowest BCUT2D eigenvalue weighted by Crippen LogP contribution is -2.41. The lowest BCUT2D eigenvalue weighted by atomic mass is 9.97. The number of nitrogens with one attached hydrogen (secondary N) is 1. The van der Waals surface area contributed by atoms with Crippen molar-refractivity contribution < 1.29 is 17.6 Å². The zero-order valence-corrected chi connectivity index (χ0v) is 16.4. The van der Waals surface area contributed by atoms with E-state index in [0.717, 1.165) is 12.1 Å². The molecular formula is C17H16Cl2FN3O3S. The van der Waals surface area contributed by atoms with Gasteiger partial charge >= 0.3 is 0 Å². The smallest absolute Gasteiger partial charge is 0.243 e. The highest BCUT2D eigenvalue weighted by Gasteiger charge is 2.32. The molecule has 27 heavy (non-hydrogen) atoms. The number of nitrogens with zero attached hydrogens (tertiary/aromatic N) is 2. The van der Waals surface area contributed by atoms with Crippen molar-refractivity contribution in [3.8, 4) is 0 Å². The molecule has 0 spiro atoms. The summed E-state index contributed by atoms with van der Waals surface area (Å²) in [6.45, 7) is 0.368. The van der Waals surface area contributed by atoms with Gasteiger partial charge in [0.15, 0.2) is 0 Å². The van der Waals surface area contributed by atoms with Crippen LogP contribution in [0.3, 0.4) is 0 Å². The Balaban J connectivity index is 1.63. The molecule has 1 amide bonds. The van der Waals surface area contributed by atoms with Gasteiger partial charge in [0.1, 0.15) is 11.6 Å². The van der Waals surface area contributed by atoms with Crippen LogP contribution in [0.1, 0.15) is 12.8 Å². The van der Waals surface area contributed by atoms with Crippen molar-refractivity contribution in [2.75, 3.05) is 18.4 Å². The number of benzene rings is 1. The number of carbonyl (C=O) groups excluding carboxylic acids is 1. The first kappa shape index (κ1) is 20.0.